The maximum Gasteiger partial charge on any atom is 0.170 e. The molecule has 1 rings (SSSR count). The Kier molecular flexibility index (Phi) is 8.57. The van der Waals surface area contributed by atoms with Crippen LogP contribution in [0.25, 0.3) is 0 Å². The summed E-state index contributed by atoms with van der Waals surface area (Å²) in [6.07, 6.45) is 0.533. The maximum absolute atomic E-state index is 9.67. The molecule has 0 amide bonds. The van der Waals surface area contributed by atoms with Crippen molar-refractivity contribution in [1.82, 2.24) is 9.80 Å². The van der Waals surface area contributed by atoms with Crippen molar-refractivity contribution in [3.05, 3.63) is 0 Å². The molecule has 0 saturated carbocycles. The first kappa shape index (κ1) is 16.9. The summed E-state index contributed by atoms with van der Waals surface area (Å²) >= 11 is 0. The molecule has 0 bridgehead atoms. The fourth-order valence-corrected chi connectivity index (χ4v) is 2.32. The number of hydrogen-bond donors (Lipinski definition) is 1. The molecule has 19 heavy (non-hydrogen) atoms. The third-order valence-corrected chi connectivity index (χ3v) is 3.52. The molecule has 0 radical (unpaired) electrons. The number of piperazine rings is 1. The SMILES string of the molecule is CCOC(CN1CCN(C[C@H](O)CC)CC1)OCC. The molecule has 0 unspecified atom stereocenters. The third-order valence-electron chi connectivity index (χ3n) is 3.52. The molecule has 1 N–H and O–H groups in total. The lowest BCUT2D eigenvalue weighted by atomic mass is 10.2. The predicted molar refractivity (Wildman–Crippen MR) is 76.2 cm³/mol. The van der Waals surface area contributed by atoms with Crippen LogP contribution in [0.2, 0.25) is 0 Å². The molecule has 5 nitrogen and oxygen atoms in total. The molecule has 1 saturated heterocycles. The summed E-state index contributed by atoms with van der Waals surface area (Å²) in [7, 11) is 0. The van der Waals surface area contributed by atoms with E-state index in [1.807, 2.05) is 20.8 Å². The van der Waals surface area contributed by atoms with Crippen molar-refractivity contribution >= 4 is 0 Å². The molecular formula is C14H30N2O3. The Morgan fingerprint density at radius 2 is 1.37 bits per heavy atom. The summed E-state index contributed by atoms with van der Waals surface area (Å²) in [6, 6.07) is 0. The Labute approximate surface area is 117 Å². The van der Waals surface area contributed by atoms with Gasteiger partial charge in [0.15, 0.2) is 6.29 Å². The van der Waals surface area contributed by atoms with Gasteiger partial charge >= 0.3 is 0 Å². The number of rotatable bonds is 9. The van der Waals surface area contributed by atoms with Gasteiger partial charge in [-0.05, 0) is 20.3 Å². The molecular weight excluding hydrogens is 244 g/mol. The van der Waals surface area contributed by atoms with Crippen LogP contribution in [0, 0.1) is 0 Å². The number of aliphatic hydroxyl groups is 1. The second-order valence-corrected chi connectivity index (χ2v) is 5.00. The van der Waals surface area contributed by atoms with Crippen molar-refractivity contribution in [2.45, 2.75) is 39.6 Å². The van der Waals surface area contributed by atoms with Gasteiger partial charge in [0.1, 0.15) is 0 Å². The van der Waals surface area contributed by atoms with Gasteiger partial charge in [0.25, 0.3) is 0 Å². The fraction of sp³-hybridized carbons (Fsp3) is 1.00. The van der Waals surface area contributed by atoms with Crippen LogP contribution in [0.1, 0.15) is 27.2 Å². The zero-order chi connectivity index (χ0) is 14.1. The quantitative estimate of drug-likeness (QED) is 0.629. The molecule has 0 aromatic heterocycles. The Morgan fingerprint density at radius 3 is 1.79 bits per heavy atom. The van der Waals surface area contributed by atoms with Crippen LogP contribution in [0.5, 0.6) is 0 Å². The highest BCUT2D eigenvalue weighted by Crippen LogP contribution is 2.07. The summed E-state index contributed by atoms with van der Waals surface area (Å²) < 4.78 is 11.2. The zero-order valence-corrected chi connectivity index (χ0v) is 12.7. The van der Waals surface area contributed by atoms with Gasteiger partial charge in [0.05, 0.1) is 6.10 Å². The minimum atomic E-state index is -0.189. The molecule has 1 aliphatic heterocycles. The molecule has 0 aromatic carbocycles. The van der Waals surface area contributed by atoms with E-state index < -0.39 is 0 Å². The van der Waals surface area contributed by atoms with Crippen LogP contribution in [-0.2, 0) is 9.47 Å². The van der Waals surface area contributed by atoms with Crippen molar-refractivity contribution in [3.63, 3.8) is 0 Å². The number of aliphatic hydroxyl groups excluding tert-OH is 1. The summed E-state index contributed by atoms with van der Waals surface area (Å²) in [6.45, 7) is 13.1. The van der Waals surface area contributed by atoms with E-state index in [0.29, 0.717) is 13.2 Å². The lowest BCUT2D eigenvalue weighted by Crippen LogP contribution is -2.50. The van der Waals surface area contributed by atoms with Gasteiger partial charge in [-0.1, -0.05) is 6.92 Å². The van der Waals surface area contributed by atoms with Crippen LogP contribution in [0.15, 0.2) is 0 Å². The highest BCUT2D eigenvalue weighted by atomic mass is 16.7. The van der Waals surface area contributed by atoms with E-state index in [1.165, 1.54) is 0 Å². The Hall–Kier alpha value is -0.200. The number of hydrogen-bond acceptors (Lipinski definition) is 5. The largest absolute Gasteiger partial charge is 0.392 e. The van der Waals surface area contributed by atoms with Crippen LogP contribution < -0.4 is 0 Å². The van der Waals surface area contributed by atoms with E-state index in [0.717, 1.165) is 45.7 Å². The van der Waals surface area contributed by atoms with Gasteiger partial charge in [-0.3, -0.25) is 9.80 Å². The van der Waals surface area contributed by atoms with Gasteiger partial charge in [-0.15, -0.1) is 0 Å². The smallest absolute Gasteiger partial charge is 0.170 e. The summed E-state index contributed by atoms with van der Waals surface area (Å²) in [5.41, 5.74) is 0. The van der Waals surface area contributed by atoms with E-state index in [4.69, 9.17) is 9.47 Å². The van der Waals surface area contributed by atoms with E-state index in [9.17, 15) is 5.11 Å². The molecule has 114 valence electrons. The molecule has 1 fully saturated rings. The molecule has 5 heteroatoms. The molecule has 0 spiro atoms. The van der Waals surface area contributed by atoms with Crippen molar-refractivity contribution in [1.29, 1.82) is 0 Å². The van der Waals surface area contributed by atoms with E-state index in [2.05, 4.69) is 9.80 Å². The third kappa shape index (κ3) is 6.68. The van der Waals surface area contributed by atoms with Crippen molar-refractivity contribution < 1.29 is 14.6 Å². The Balaban J connectivity index is 2.24. The Bertz CT molecular complexity index is 215. The average molecular weight is 274 g/mol. The standard InChI is InChI=1S/C14H30N2O3/c1-4-13(17)11-15-7-9-16(10-8-15)12-14(18-5-2)19-6-3/h13-14,17H,4-12H2,1-3H3/t13-/m1/s1. The molecule has 0 aliphatic carbocycles. The summed E-state index contributed by atoms with van der Waals surface area (Å²) in [4.78, 5) is 4.71. The fourth-order valence-electron chi connectivity index (χ4n) is 2.32. The second-order valence-electron chi connectivity index (χ2n) is 5.00. The maximum atomic E-state index is 9.67. The van der Waals surface area contributed by atoms with Crippen LogP contribution in [-0.4, -0.2) is 79.8 Å². The minimum Gasteiger partial charge on any atom is -0.392 e. The average Bonchev–Trinajstić information content (AvgIpc) is 2.41. The van der Waals surface area contributed by atoms with Crippen LogP contribution in [0.4, 0.5) is 0 Å². The first-order valence-corrected chi connectivity index (χ1v) is 7.55. The van der Waals surface area contributed by atoms with Crippen molar-refractivity contribution in [2.24, 2.45) is 0 Å². The van der Waals surface area contributed by atoms with Gasteiger partial charge in [-0.25, -0.2) is 0 Å². The van der Waals surface area contributed by atoms with Gasteiger partial charge < -0.3 is 14.6 Å². The normalized spacial score (nSPS) is 20.1. The molecule has 1 atom stereocenters. The monoisotopic (exact) mass is 274 g/mol. The highest BCUT2D eigenvalue weighted by molar-refractivity contribution is 4.74. The zero-order valence-electron chi connectivity index (χ0n) is 12.7. The lowest BCUT2D eigenvalue weighted by Gasteiger charge is -2.36. The van der Waals surface area contributed by atoms with Crippen LogP contribution >= 0.6 is 0 Å². The second kappa shape index (κ2) is 9.66. The first-order chi connectivity index (χ1) is 9.19. The van der Waals surface area contributed by atoms with Crippen molar-refractivity contribution in [2.75, 3.05) is 52.5 Å². The lowest BCUT2D eigenvalue weighted by molar-refractivity contribution is -0.149. The van der Waals surface area contributed by atoms with Crippen molar-refractivity contribution in [3.8, 4) is 0 Å². The summed E-state index contributed by atoms with van der Waals surface area (Å²) in [5, 5.41) is 9.67. The van der Waals surface area contributed by atoms with Gasteiger partial charge in [0, 0.05) is 52.5 Å². The van der Waals surface area contributed by atoms with E-state index in [-0.39, 0.29) is 12.4 Å². The van der Waals surface area contributed by atoms with Gasteiger partial charge in [0.2, 0.25) is 0 Å². The van der Waals surface area contributed by atoms with E-state index in [1.54, 1.807) is 0 Å². The number of nitrogens with zero attached hydrogens (tertiary/aromatic N) is 2. The van der Waals surface area contributed by atoms with Gasteiger partial charge in [-0.2, -0.15) is 0 Å². The molecule has 0 aromatic rings. The predicted octanol–water partition coefficient (Wildman–Crippen LogP) is 0.774. The minimum absolute atomic E-state index is 0.109. The summed E-state index contributed by atoms with van der Waals surface area (Å²) in [5.74, 6) is 0. The topological polar surface area (TPSA) is 45.2 Å². The Morgan fingerprint density at radius 1 is 0.895 bits per heavy atom. The highest BCUT2D eigenvalue weighted by Gasteiger charge is 2.21. The molecule has 1 aliphatic rings. The molecule has 1 heterocycles. The number of ether oxygens (including phenoxy) is 2. The first-order valence-electron chi connectivity index (χ1n) is 7.55. The number of β-amino-alcohol motifs (C(OH)–C–C–N with tert-alkyl or cyclic N) is 1. The van der Waals surface area contributed by atoms with E-state index >= 15 is 0 Å². The van der Waals surface area contributed by atoms with Crippen LogP contribution in [0.3, 0.4) is 0 Å².